The van der Waals surface area contributed by atoms with E-state index in [1.54, 1.807) is 0 Å². The second-order valence-electron chi connectivity index (χ2n) is 3.85. The summed E-state index contributed by atoms with van der Waals surface area (Å²) in [6, 6.07) is 4.02. The normalized spacial score (nSPS) is 10.3. The number of nitrogens with zero attached hydrogens (tertiary/aromatic N) is 4. The summed E-state index contributed by atoms with van der Waals surface area (Å²) in [6.45, 7) is 0. The van der Waals surface area contributed by atoms with Gasteiger partial charge in [-0.2, -0.15) is 0 Å². The number of carboxylic acid groups (broad SMARTS) is 1. The van der Waals surface area contributed by atoms with Gasteiger partial charge in [-0.25, -0.2) is 9.07 Å². The van der Waals surface area contributed by atoms with Crippen molar-refractivity contribution in [2.24, 2.45) is 0 Å². The first kappa shape index (κ1) is 14.9. The number of rotatable bonds is 6. The molecule has 21 heavy (non-hydrogen) atoms. The predicted octanol–water partition coefficient (Wildman–Crippen LogP) is 0.558. The molecule has 0 fully saturated rings. The SMILES string of the molecule is O=C(O)CSCC(=O)Nc1cc(-n2cnnn2)ccc1F. The average Bonchev–Trinajstić information content (AvgIpc) is 2.95. The average molecular weight is 311 g/mol. The van der Waals surface area contributed by atoms with Gasteiger partial charge in [-0.1, -0.05) is 0 Å². The molecule has 0 saturated heterocycles. The van der Waals surface area contributed by atoms with Gasteiger partial charge in [-0.05, 0) is 28.6 Å². The summed E-state index contributed by atoms with van der Waals surface area (Å²) in [5.74, 6) is -2.39. The fourth-order valence-corrected chi connectivity index (χ4v) is 1.98. The van der Waals surface area contributed by atoms with Crippen LogP contribution in [-0.4, -0.2) is 48.7 Å². The van der Waals surface area contributed by atoms with Crippen molar-refractivity contribution >= 4 is 29.3 Å². The van der Waals surface area contributed by atoms with E-state index in [9.17, 15) is 14.0 Å². The standard InChI is InChI=1S/C11H10FN5O3S/c12-8-2-1-7(17-6-13-15-16-17)3-9(8)14-10(18)4-21-5-11(19)20/h1-3,6H,4-5H2,(H,14,18)(H,19,20). The third kappa shape index (κ3) is 4.24. The fraction of sp³-hybridized carbons (Fsp3) is 0.182. The van der Waals surface area contributed by atoms with Crippen LogP contribution in [0.25, 0.3) is 5.69 Å². The van der Waals surface area contributed by atoms with Crippen molar-refractivity contribution in [1.29, 1.82) is 0 Å². The molecular formula is C11H10FN5O3S. The Bertz CT molecular complexity index is 649. The largest absolute Gasteiger partial charge is 0.481 e. The summed E-state index contributed by atoms with van der Waals surface area (Å²) in [6.07, 6.45) is 1.33. The number of hydrogen-bond donors (Lipinski definition) is 2. The summed E-state index contributed by atoms with van der Waals surface area (Å²) >= 11 is 0.925. The minimum absolute atomic E-state index is 0.0241. The topological polar surface area (TPSA) is 110 Å². The van der Waals surface area contributed by atoms with Crippen LogP contribution in [0.1, 0.15) is 0 Å². The third-order valence-electron chi connectivity index (χ3n) is 2.30. The highest BCUT2D eigenvalue weighted by Crippen LogP contribution is 2.18. The lowest BCUT2D eigenvalue weighted by atomic mass is 10.2. The Morgan fingerprint density at radius 2 is 2.19 bits per heavy atom. The van der Waals surface area contributed by atoms with Gasteiger partial charge in [0.25, 0.3) is 0 Å². The highest BCUT2D eigenvalue weighted by Gasteiger charge is 2.10. The number of thioether (sulfide) groups is 1. The van der Waals surface area contributed by atoms with E-state index in [4.69, 9.17) is 5.11 Å². The smallest absolute Gasteiger partial charge is 0.313 e. The molecule has 0 spiro atoms. The number of nitrogens with one attached hydrogen (secondary N) is 1. The lowest BCUT2D eigenvalue weighted by Crippen LogP contribution is -2.16. The number of carboxylic acids is 1. The van der Waals surface area contributed by atoms with E-state index in [0.717, 1.165) is 11.8 Å². The van der Waals surface area contributed by atoms with E-state index in [2.05, 4.69) is 20.8 Å². The van der Waals surface area contributed by atoms with Crippen molar-refractivity contribution in [2.45, 2.75) is 0 Å². The van der Waals surface area contributed by atoms with Gasteiger partial charge in [-0.15, -0.1) is 16.9 Å². The first-order valence-electron chi connectivity index (χ1n) is 5.68. The minimum Gasteiger partial charge on any atom is -0.481 e. The maximum absolute atomic E-state index is 13.6. The Balaban J connectivity index is 2.04. The zero-order valence-corrected chi connectivity index (χ0v) is 11.4. The molecule has 1 amide bonds. The van der Waals surface area contributed by atoms with Crippen LogP contribution in [0, 0.1) is 5.82 Å². The Morgan fingerprint density at radius 1 is 1.38 bits per heavy atom. The zero-order valence-electron chi connectivity index (χ0n) is 10.6. The number of hydrogen-bond acceptors (Lipinski definition) is 6. The van der Waals surface area contributed by atoms with Crippen LogP contribution >= 0.6 is 11.8 Å². The first-order valence-corrected chi connectivity index (χ1v) is 6.84. The van der Waals surface area contributed by atoms with Crippen LogP contribution in [0.15, 0.2) is 24.5 Å². The molecule has 0 unspecified atom stereocenters. The second-order valence-corrected chi connectivity index (χ2v) is 4.84. The summed E-state index contributed by atoms with van der Waals surface area (Å²) < 4.78 is 15.0. The number of carbonyl (C=O) groups is 2. The molecule has 0 saturated carbocycles. The van der Waals surface area contributed by atoms with Gasteiger partial charge < -0.3 is 10.4 Å². The van der Waals surface area contributed by atoms with Crippen molar-refractivity contribution in [2.75, 3.05) is 16.8 Å². The van der Waals surface area contributed by atoms with Crippen LogP contribution in [0.2, 0.25) is 0 Å². The maximum atomic E-state index is 13.6. The summed E-state index contributed by atoms with van der Waals surface area (Å²) in [5, 5.41) is 21.4. The van der Waals surface area contributed by atoms with Crippen LogP contribution in [-0.2, 0) is 9.59 Å². The Hall–Kier alpha value is -2.49. The quantitative estimate of drug-likeness (QED) is 0.802. The Labute approximate surface area is 122 Å². The van der Waals surface area contributed by atoms with Gasteiger partial charge >= 0.3 is 5.97 Å². The van der Waals surface area contributed by atoms with E-state index >= 15 is 0 Å². The van der Waals surface area contributed by atoms with E-state index in [1.165, 1.54) is 29.2 Å². The Morgan fingerprint density at radius 3 is 2.86 bits per heavy atom. The molecule has 0 aliphatic heterocycles. The lowest BCUT2D eigenvalue weighted by molar-refractivity contribution is -0.133. The molecule has 2 N–H and O–H groups in total. The summed E-state index contributed by atoms with van der Waals surface area (Å²) in [4.78, 5) is 21.9. The third-order valence-corrected chi connectivity index (χ3v) is 3.21. The van der Waals surface area contributed by atoms with E-state index in [1.807, 2.05) is 0 Å². The molecule has 10 heteroatoms. The molecule has 8 nitrogen and oxygen atoms in total. The van der Waals surface area contributed by atoms with E-state index in [-0.39, 0.29) is 17.2 Å². The lowest BCUT2D eigenvalue weighted by Gasteiger charge is -2.08. The fourth-order valence-electron chi connectivity index (χ4n) is 1.45. The second kappa shape index (κ2) is 6.79. The molecule has 1 heterocycles. The number of halogens is 1. The molecule has 2 rings (SSSR count). The van der Waals surface area contributed by atoms with Crippen LogP contribution < -0.4 is 5.32 Å². The molecular weight excluding hydrogens is 301 g/mol. The molecule has 0 bridgehead atoms. The predicted molar refractivity (Wildman–Crippen MR) is 72.7 cm³/mol. The van der Waals surface area contributed by atoms with Gasteiger partial charge in [0.1, 0.15) is 12.1 Å². The van der Waals surface area contributed by atoms with Gasteiger partial charge in [0.2, 0.25) is 5.91 Å². The van der Waals surface area contributed by atoms with Crippen molar-refractivity contribution in [3.8, 4) is 5.69 Å². The number of carbonyl (C=O) groups excluding carboxylic acids is 1. The van der Waals surface area contributed by atoms with Crippen molar-refractivity contribution in [3.05, 3.63) is 30.3 Å². The number of anilines is 1. The van der Waals surface area contributed by atoms with Gasteiger partial charge in [0.15, 0.2) is 0 Å². The summed E-state index contributed by atoms with van der Waals surface area (Å²) in [7, 11) is 0. The van der Waals surface area contributed by atoms with Gasteiger partial charge in [-0.3, -0.25) is 9.59 Å². The van der Waals surface area contributed by atoms with Crippen molar-refractivity contribution < 1.29 is 19.1 Å². The first-order chi connectivity index (χ1) is 10.1. The molecule has 1 aromatic heterocycles. The van der Waals surface area contributed by atoms with Crippen LogP contribution in [0.5, 0.6) is 0 Å². The maximum Gasteiger partial charge on any atom is 0.313 e. The van der Waals surface area contributed by atoms with E-state index < -0.39 is 17.7 Å². The molecule has 1 aromatic carbocycles. The molecule has 0 atom stereocenters. The van der Waals surface area contributed by atoms with Crippen LogP contribution in [0.4, 0.5) is 10.1 Å². The molecule has 0 radical (unpaired) electrons. The van der Waals surface area contributed by atoms with Gasteiger partial charge in [0.05, 0.1) is 22.9 Å². The zero-order chi connectivity index (χ0) is 15.2. The number of amides is 1. The number of tetrazole rings is 1. The highest BCUT2D eigenvalue weighted by atomic mass is 32.2. The monoisotopic (exact) mass is 311 g/mol. The Kier molecular flexibility index (Phi) is 4.82. The molecule has 0 aliphatic rings. The number of aromatic nitrogens is 4. The van der Waals surface area contributed by atoms with Crippen molar-refractivity contribution in [1.82, 2.24) is 20.2 Å². The molecule has 2 aromatic rings. The number of aliphatic carboxylic acids is 1. The number of benzene rings is 1. The highest BCUT2D eigenvalue weighted by molar-refractivity contribution is 8.00. The van der Waals surface area contributed by atoms with Crippen LogP contribution in [0.3, 0.4) is 0 Å². The van der Waals surface area contributed by atoms with Gasteiger partial charge in [0, 0.05) is 0 Å². The summed E-state index contributed by atoms with van der Waals surface area (Å²) in [5.41, 5.74) is 0.457. The molecule has 0 aliphatic carbocycles. The minimum atomic E-state index is -1.01. The van der Waals surface area contributed by atoms with E-state index in [0.29, 0.717) is 5.69 Å². The molecule has 110 valence electrons. The van der Waals surface area contributed by atoms with Crippen molar-refractivity contribution in [3.63, 3.8) is 0 Å².